The van der Waals surface area contributed by atoms with Crippen LogP contribution in [0, 0.1) is 11.8 Å². The number of rotatable bonds is 3. The molecule has 0 fully saturated rings. The van der Waals surface area contributed by atoms with Gasteiger partial charge < -0.3 is 4.74 Å². The van der Waals surface area contributed by atoms with Gasteiger partial charge in [-0.3, -0.25) is 0 Å². The third kappa shape index (κ3) is 2.95. The summed E-state index contributed by atoms with van der Waals surface area (Å²) in [5, 5.41) is 0.418. The maximum atomic E-state index is 5.75. The van der Waals surface area contributed by atoms with Gasteiger partial charge in [0.05, 0.1) is 6.61 Å². The van der Waals surface area contributed by atoms with Crippen LogP contribution in [-0.4, -0.2) is 16.6 Å². The average molecular weight is 239 g/mol. The van der Waals surface area contributed by atoms with Gasteiger partial charge in [0, 0.05) is 6.07 Å². The van der Waals surface area contributed by atoms with Crippen LogP contribution in [0.2, 0.25) is 5.15 Å². The molecule has 0 aromatic carbocycles. The first-order chi connectivity index (χ1) is 7.75. The Bertz CT molecular complexity index is 381. The van der Waals surface area contributed by atoms with E-state index in [1.165, 1.54) is 6.33 Å². The van der Waals surface area contributed by atoms with E-state index in [1.807, 2.05) is 0 Å². The third-order valence-corrected chi connectivity index (χ3v) is 3.18. The predicted octanol–water partition coefficient (Wildman–Crippen LogP) is 3.11. The summed E-state index contributed by atoms with van der Waals surface area (Å²) in [4.78, 5) is 7.83. The van der Waals surface area contributed by atoms with E-state index in [-0.39, 0.29) is 0 Å². The van der Waals surface area contributed by atoms with Crippen LogP contribution in [0.1, 0.15) is 19.8 Å². The zero-order valence-electron chi connectivity index (χ0n) is 9.27. The van der Waals surface area contributed by atoms with Gasteiger partial charge >= 0.3 is 0 Å². The van der Waals surface area contributed by atoms with E-state index < -0.39 is 0 Å². The fourth-order valence-electron chi connectivity index (χ4n) is 1.83. The first-order valence-electron chi connectivity index (χ1n) is 5.51. The number of hydrogen-bond donors (Lipinski definition) is 0. The second-order valence-corrected chi connectivity index (χ2v) is 4.56. The Morgan fingerprint density at radius 2 is 2.19 bits per heavy atom. The van der Waals surface area contributed by atoms with Crippen LogP contribution in [0.15, 0.2) is 24.5 Å². The Kier molecular flexibility index (Phi) is 3.78. The van der Waals surface area contributed by atoms with E-state index in [9.17, 15) is 0 Å². The van der Waals surface area contributed by atoms with Gasteiger partial charge in [0.2, 0.25) is 5.88 Å². The molecule has 2 unspecified atom stereocenters. The highest BCUT2D eigenvalue weighted by Gasteiger charge is 2.18. The predicted molar refractivity (Wildman–Crippen MR) is 63.6 cm³/mol. The van der Waals surface area contributed by atoms with Crippen LogP contribution in [0.4, 0.5) is 0 Å². The quantitative estimate of drug-likeness (QED) is 0.600. The molecule has 0 amide bonds. The first-order valence-corrected chi connectivity index (χ1v) is 5.89. The lowest BCUT2D eigenvalue weighted by Crippen LogP contribution is -2.21. The topological polar surface area (TPSA) is 35.0 Å². The van der Waals surface area contributed by atoms with Crippen molar-refractivity contribution < 1.29 is 4.74 Å². The summed E-state index contributed by atoms with van der Waals surface area (Å²) in [5.74, 6) is 1.79. The van der Waals surface area contributed by atoms with Crippen molar-refractivity contribution in [2.75, 3.05) is 6.61 Å². The molecule has 1 aliphatic carbocycles. The zero-order chi connectivity index (χ0) is 11.4. The molecule has 4 heteroatoms. The molecular formula is C12H15ClN2O. The Balaban J connectivity index is 1.89. The lowest BCUT2D eigenvalue weighted by Gasteiger charge is -2.24. The molecule has 0 aliphatic heterocycles. The highest BCUT2D eigenvalue weighted by atomic mass is 35.5. The standard InChI is InChI=1S/C12H15ClN2O/c1-9-4-2-3-5-10(9)7-16-12-6-11(13)14-8-15-12/h2-3,6,8-10H,4-5,7H2,1H3. The summed E-state index contributed by atoms with van der Waals surface area (Å²) < 4.78 is 5.63. The lowest BCUT2D eigenvalue weighted by atomic mass is 9.85. The largest absolute Gasteiger partial charge is 0.477 e. The van der Waals surface area contributed by atoms with Crippen molar-refractivity contribution in [3.63, 3.8) is 0 Å². The van der Waals surface area contributed by atoms with Crippen LogP contribution < -0.4 is 4.74 Å². The van der Waals surface area contributed by atoms with Crippen molar-refractivity contribution in [1.82, 2.24) is 9.97 Å². The van der Waals surface area contributed by atoms with E-state index >= 15 is 0 Å². The number of hydrogen-bond acceptors (Lipinski definition) is 3. The molecule has 1 heterocycles. The van der Waals surface area contributed by atoms with E-state index in [1.54, 1.807) is 6.07 Å². The Morgan fingerprint density at radius 1 is 1.38 bits per heavy atom. The van der Waals surface area contributed by atoms with E-state index in [2.05, 4.69) is 29.0 Å². The van der Waals surface area contributed by atoms with E-state index in [4.69, 9.17) is 16.3 Å². The lowest BCUT2D eigenvalue weighted by molar-refractivity contribution is 0.192. The molecule has 0 saturated carbocycles. The molecule has 0 saturated heterocycles. The number of ether oxygens (including phenoxy) is 1. The molecular weight excluding hydrogens is 224 g/mol. The molecule has 3 nitrogen and oxygen atoms in total. The summed E-state index contributed by atoms with van der Waals surface area (Å²) >= 11 is 5.75. The van der Waals surface area contributed by atoms with Gasteiger partial charge in [0.15, 0.2) is 0 Å². The van der Waals surface area contributed by atoms with Crippen LogP contribution >= 0.6 is 11.6 Å². The van der Waals surface area contributed by atoms with Gasteiger partial charge in [0.1, 0.15) is 11.5 Å². The number of halogens is 1. The van der Waals surface area contributed by atoms with Gasteiger partial charge in [-0.25, -0.2) is 9.97 Å². The van der Waals surface area contributed by atoms with E-state index in [0.717, 1.165) is 12.8 Å². The van der Waals surface area contributed by atoms with E-state index in [0.29, 0.717) is 29.5 Å². The molecule has 0 N–H and O–H groups in total. The van der Waals surface area contributed by atoms with Gasteiger partial charge in [-0.15, -0.1) is 0 Å². The molecule has 1 aliphatic rings. The van der Waals surface area contributed by atoms with Crippen molar-refractivity contribution in [2.45, 2.75) is 19.8 Å². The third-order valence-electron chi connectivity index (χ3n) is 2.97. The SMILES string of the molecule is CC1CC=CCC1COc1cc(Cl)ncn1. The highest BCUT2D eigenvalue weighted by molar-refractivity contribution is 6.29. The number of aromatic nitrogens is 2. The van der Waals surface area contributed by atoms with Gasteiger partial charge in [0.25, 0.3) is 0 Å². The monoisotopic (exact) mass is 238 g/mol. The van der Waals surface area contributed by atoms with Crippen molar-refractivity contribution in [3.8, 4) is 5.88 Å². The summed E-state index contributed by atoms with van der Waals surface area (Å²) in [6.45, 7) is 2.95. The molecule has 2 atom stereocenters. The maximum Gasteiger partial charge on any atom is 0.217 e. The highest BCUT2D eigenvalue weighted by Crippen LogP contribution is 2.25. The van der Waals surface area contributed by atoms with Gasteiger partial charge in [-0.2, -0.15) is 0 Å². The first kappa shape index (κ1) is 11.4. The van der Waals surface area contributed by atoms with Crippen LogP contribution in [0.25, 0.3) is 0 Å². The Hall–Kier alpha value is -1.09. The minimum atomic E-state index is 0.418. The summed E-state index contributed by atoms with van der Waals surface area (Å²) in [6, 6.07) is 1.64. The molecule has 0 radical (unpaired) electrons. The fraction of sp³-hybridized carbons (Fsp3) is 0.500. The zero-order valence-corrected chi connectivity index (χ0v) is 10.0. The second-order valence-electron chi connectivity index (χ2n) is 4.17. The maximum absolute atomic E-state index is 5.75. The Labute approximate surface area is 101 Å². The molecule has 1 aromatic heterocycles. The molecule has 16 heavy (non-hydrogen) atoms. The summed E-state index contributed by atoms with van der Waals surface area (Å²) in [5.41, 5.74) is 0. The van der Waals surface area contributed by atoms with Crippen molar-refractivity contribution in [3.05, 3.63) is 29.7 Å². The summed E-state index contributed by atoms with van der Waals surface area (Å²) in [7, 11) is 0. The molecule has 86 valence electrons. The van der Waals surface area contributed by atoms with Crippen LogP contribution in [0.5, 0.6) is 5.88 Å². The Morgan fingerprint density at radius 3 is 2.94 bits per heavy atom. The molecule has 1 aromatic rings. The minimum Gasteiger partial charge on any atom is -0.477 e. The summed E-state index contributed by atoms with van der Waals surface area (Å²) in [6.07, 6.45) is 8.10. The molecule has 0 spiro atoms. The van der Waals surface area contributed by atoms with Crippen molar-refractivity contribution in [2.24, 2.45) is 11.8 Å². The van der Waals surface area contributed by atoms with Crippen molar-refractivity contribution >= 4 is 11.6 Å². The smallest absolute Gasteiger partial charge is 0.217 e. The van der Waals surface area contributed by atoms with Crippen LogP contribution in [-0.2, 0) is 0 Å². The van der Waals surface area contributed by atoms with Crippen molar-refractivity contribution in [1.29, 1.82) is 0 Å². The van der Waals surface area contributed by atoms with Crippen LogP contribution in [0.3, 0.4) is 0 Å². The number of nitrogens with zero attached hydrogens (tertiary/aromatic N) is 2. The molecule has 2 rings (SSSR count). The number of allylic oxidation sites excluding steroid dienone is 2. The second kappa shape index (κ2) is 5.30. The molecule has 0 bridgehead atoms. The average Bonchev–Trinajstić information content (AvgIpc) is 2.28. The van der Waals surface area contributed by atoms with Gasteiger partial charge in [-0.05, 0) is 24.7 Å². The minimum absolute atomic E-state index is 0.418. The normalized spacial score (nSPS) is 24.4. The van der Waals surface area contributed by atoms with Gasteiger partial charge in [-0.1, -0.05) is 30.7 Å². The fourth-order valence-corrected chi connectivity index (χ4v) is 1.96.